The number of hydrogen-bond donors (Lipinski definition) is 2. The van der Waals surface area contributed by atoms with Crippen LogP contribution < -0.4 is 5.32 Å². The first-order valence-electron chi connectivity index (χ1n) is 10.2. The normalized spacial score (nSPS) is 11.4. The molecule has 0 bridgehead atoms. The Morgan fingerprint density at radius 2 is 1.91 bits per heavy atom. The molecule has 2 aromatic heterocycles. The van der Waals surface area contributed by atoms with Gasteiger partial charge in [-0.3, -0.25) is 0 Å². The number of carboxylic acid groups (broad SMARTS) is 1. The summed E-state index contributed by atoms with van der Waals surface area (Å²) in [7, 11) is 0. The lowest BCUT2D eigenvalue weighted by atomic mass is 10.1. The van der Waals surface area contributed by atoms with E-state index in [-0.39, 0.29) is 17.1 Å². The molecule has 0 aliphatic carbocycles. The molecular weight excluding hydrogens is 513 g/mol. The number of benzene rings is 2. The smallest absolute Gasteiger partial charge is 0.420 e. The predicted molar refractivity (Wildman–Crippen MR) is 126 cm³/mol. The lowest BCUT2D eigenvalue weighted by molar-refractivity contribution is -0.137. The van der Waals surface area contributed by atoms with Crippen molar-refractivity contribution in [3.8, 4) is 17.1 Å². The van der Waals surface area contributed by atoms with Crippen LogP contribution in [0.2, 0.25) is 0 Å². The van der Waals surface area contributed by atoms with E-state index in [1.807, 2.05) is 25.1 Å². The Kier molecular flexibility index (Phi) is 6.43. The van der Waals surface area contributed by atoms with Gasteiger partial charge >= 0.3 is 12.1 Å². The highest BCUT2D eigenvalue weighted by Crippen LogP contribution is 2.36. The minimum absolute atomic E-state index is 0.0614. The Bertz CT molecular complexity index is 1370. The molecule has 0 saturated heterocycles. The second-order valence-electron chi connectivity index (χ2n) is 7.37. The van der Waals surface area contributed by atoms with Crippen molar-refractivity contribution in [2.75, 3.05) is 5.32 Å². The quantitative estimate of drug-likeness (QED) is 0.289. The highest BCUT2D eigenvalue weighted by molar-refractivity contribution is 9.10. The number of nitrogens with zero attached hydrogens (tertiary/aromatic N) is 3. The van der Waals surface area contributed by atoms with Crippen LogP contribution in [0.3, 0.4) is 0 Å². The van der Waals surface area contributed by atoms with Gasteiger partial charge in [-0.1, -0.05) is 41.1 Å². The van der Waals surface area contributed by atoms with Crippen LogP contribution in [0.4, 0.5) is 24.7 Å². The summed E-state index contributed by atoms with van der Waals surface area (Å²) in [5, 5.41) is 17.0. The molecule has 4 rings (SSSR count). The number of anilines is 2. The topological polar surface area (TPSA) is 80.0 Å². The molecule has 174 valence electrons. The molecule has 10 heteroatoms. The van der Waals surface area contributed by atoms with Crippen molar-refractivity contribution in [2.45, 2.75) is 19.5 Å². The van der Waals surface area contributed by atoms with Gasteiger partial charge in [0.05, 0.1) is 16.9 Å². The number of aromatic nitrogens is 3. The Labute approximate surface area is 201 Å². The van der Waals surface area contributed by atoms with Crippen molar-refractivity contribution in [2.24, 2.45) is 0 Å². The number of nitrogens with one attached hydrogen (secondary N) is 1. The first-order chi connectivity index (χ1) is 16.2. The molecule has 4 aromatic rings. The largest absolute Gasteiger partial charge is 0.478 e. The van der Waals surface area contributed by atoms with Crippen molar-refractivity contribution in [1.82, 2.24) is 14.8 Å². The van der Waals surface area contributed by atoms with Crippen molar-refractivity contribution >= 4 is 33.4 Å². The van der Waals surface area contributed by atoms with Crippen molar-refractivity contribution < 1.29 is 23.1 Å². The number of pyridine rings is 1. The summed E-state index contributed by atoms with van der Waals surface area (Å²) >= 11 is 3.24. The van der Waals surface area contributed by atoms with Crippen LogP contribution in [0.5, 0.6) is 0 Å². The average Bonchev–Trinajstić information content (AvgIpc) is 3.23. The van der Waals surface area contributed by atoms with Gasteiger partial charge in [0.2, 0.25) is 0 Å². The van der Waals surface area contributed by atoms with Crippen LogP contribution in [-0.2, 0) is 12.6 Å². The molecule has 34 heavy (non-hydrogen) atoms. The van der Waals surface area contributed by atoms with Crippen LogP contribution in [0, 0.1) is 0 Å². The number of carbonyl (C=O) groups is 1. The zero-order chi connectivity index (χ0) is 24.5. The first kappa shape index (κ1) is 23.5. The molecule has 0 amide bonds. The zero-order valence-corrected chi connectivity index (χ0v) is 19.4. The van der Waals surface area contributed by atoms with Crippen molar-refractivity contribution in [1.29, 1.82) is 0 Å². The molecule has 6 nitrogen and oxygen atoms in total. The highest BCUT2D eigenvalue weighted by atomic mass is 79.9. The molecule has 0 aliphatic rings. The van der Waals surface area contributed by atoms with Gasteiger partial charge < -0.3 is 10.4 Å². The minimum Gasteiger partial charge on any atom is -0.478 e. The summed E-state index contributed by atoms with van der Waals surface area (Å²) in [4.78, 5) is 15.7. The maximum Gasteiger partial charge on any atom is 0.420 e. The number of carboxylic acids is 1. The Morgan fingerprint density at radius 1 is 1.12 bits per heavy atom. The molecule has 2 aromatic carbocycles. The number of hydrogen-bond acceptors (Lipinski definition) is 4. The maximum absolute atomic E-state index is 13.8. The van der Waals surface area contributed by atoms with Crippen molar-refractivity contribution in [3.63, 3.8) is 0 Å². The van der Waals surface area contributed by atoms with E-state index < -0.39 is 23.5 Å². The predicted octanol–water partition coefficient (Wildman–Crippen LogP) is 6.72. The van der Waals surface area contributed by atoms with Gasteiger partial charge in [-0.15, -0.1) is 0 Å². The van der Waals surface area contributed by atoms with Crippen LogP contribution in [-0.4, -0.2) is 25.8 Å². The number of rotatable bonds is 6. The number of alkyl halides is 3. The van der Waals surface area contributed by atoms with Crippen LogP contribution in [0.25, 0.3) is 17.1 Å². The van der Waals surface area contributed by atoms with Gasteiger partial charge in [-0.2, -0.15) is 23.0 Å². The van der Waals surface area contributed by atoms with Gasteiger partial charge in [-0.05, 0) is 48.4 Å². The highest BCUT2D eigenvalue weighted by Gasteiger charge is 2.35. The summed E-state index contributed by atoms with van der Waals surface area (Å²) in [5.41, 5.74) is 1.31. The van der Waals surface area contributed by atoms with Crippen LogP contribution in [0.15, 0.2) is 71.3 Å². The fraction of sp³-hybridized carbons (Fsp3) is 0.125. The maximum atomic E-state index is 13.8. The molecule has 0 unspecified atom stereocenters. The Hall–Kier alpha value is -3.66. The summed E-state index contributed by atoms with van der Waals surface area (Å²) in [6.45, 7) is 2.00. The lowest BCUT2D eigenvalue weighted by Gasteiger charge is -2.15. The molecule has 2 N–H and O–H groups in total. The number of aromatic carboxylic acids is 1. The van der Waals surface area contributed by atoms with Gasteiger partial charge in [0.1, 0.15) is 11.4 Å². The number of aryl methyl sites for hydroxylation is 1. The molecule has 0 aliphatic heterocycles. The molecule has 0 fully saturated rings. The SMILES string of the molecule is CCc1cccc(-c2cc(Nc3ccc(Br)cc3C(=O)O)n(-c3ncccc3C(F)(F)F)n2)c1. The number of halogens is 4. The van der Waals surface area contributed by atoms with E-state index in [0.29, 0.717) is 15.7 Å². The lowest BCUT2D eigenvalue weighted by Crippen LogP contribution is -2.14. The Balaban J connectivity index is 1.91. The molecule has 0 spiro atoms. The average molecular weight is 531 g/mol. The van der Waals surface area contributed by atoms with E-state index in [9.17, 15) is 23.1 Å². The standard InChI is InChI=1S/C24H18BrF3N4O2/c1-2-14-5-3-6-15(11-14)20-13-21(30-19-9-8-16(25)12-17(19)23(33)34)32(31-20)22-18(24(26,27)28)7-4-10-29-22/h3-13,30H,2H2,1H3,(H,33,34). The van der Waals surface area contributed by atoms with Crippen LogP contribution >= 0.6 is 15.9 Å². The molecule has 0 atom stereocenters. The van der Waals surface area contributed by atoms with Gasteiger partial charge in [0.25, 0.3) is 0 Å². The summed E-state index contributed by atoms with van der Waals surface area (Å²) in [6.07, 6.45) is -2.65. The third-order valence-corrected chi connectivity index (χ3v) is 5.60. The summed E-state index contributed by atoms with van der Waals surface area (Å²) in [5.74, 6) is -1.49. The third-order valence-electron chi connectivity index (χ3n) is 5.11. The Morgan fingerprint density at radius 3 is 2.62 bits per heavy atom. The second kappa shape index (κ2) is 9.30. The molecule has 2 heterocycles. The van der Waals surface area contributed by atoms with Gasteiger partial charge in [0, 0.05) is 22.3 Å². The zero-order valence-electron chi connectivity index (χ0n) is 17.8. The summed E-state index contributed by atoms with van der Waals surface area (Å²) < 4.78 is 42.8. The second-order valence-corrected chi connectivity index (χ2v) is 8.29. The molecular formula is C24H18BrF3N4O2. The first-order valence-corrected chi connectivity index (χ1v) is 11.0. The van der Waals surface area contributed by atoms with E-state index in [1.165, 1.54) is 24.4 Å². The minimum atomic E-state index is -4.67. The van der Waals surface area contributed by atoms with Gasteiger partial charge in [-0.25, -0.2) is 9.78 Å². The molecule has 0 radical (unpaired) electrons. The monoisotopic (exact) mass is 530 g/mol. The van der Waals surface area contributed by atoms with E-state index in [0.717, 1.165) is 22.7 Å². The van der Waals surface area contributed by atoms with E-state index in [4.69, 9.17) is 0 Å². The van der Waals surface area contributed by atoms with E-state index >= 15 is 0 Å². The fourth-order valence-electron chi connectivity index (χ4n) is 3.45. The van der Waals surface area contributed by atoms with Crippen molar-refractivity contribution in [3.05, 3.63) is 88.0 Å². The fourth-order valence-corrected chi connectivity index (χ4v) is 3.81. The van der Waals surface area contributed by atoms with E-state index in [1.54, 1.807) is 18.2 Å². The van der Waals surface area contributed by atoms with E-state index in [2.05, 4.69) is 31.3 Å². The third kappa shape index (κ3) is 4.81. The molecule has 0 saturated carbocycles. The van der Waals surface area contributed by atoms with Gasteiger partial charge in [0.15, 0.2) is 5.82 Å². The summed E-state index contributed by atoms with van der Waals surface area (Å²) in [6, 6.07) is 15.7. The van der Waals surface area contributed by atoms with Crippen LogP contribution in [0.1, 0.15) is 28.4 Å².